The number of aliphatic hydroxyl groups is 1. The molecule has 0 bridgehead atoms. The first kappa shape index (κ1) is 14.7. The van der Waals surface area contributed by atoms with Gasteiger partial charge in [-0.2, -0.15) is 0 Å². The summed E-state index contributed by atoms with van der Waals surface area (Å²) in [6.45, 7) is 1.61. The highest BCUT2D eigenvalue weighted by atomic mass is 31.2. The maximum atomic E-state index is 10.9. The molecular weight excluding hydrogens is 271 g/mol. The first-order valence-corrected chi connectivity index (χ1v) is 7.49. The Bertz CT molecular complexity index is 485. The molecule has 0 aliphatic carbocycles. The average molecular weight is 288 g/mol. The fraction of sp³-hybridized carbons (Fsp3) is 0.500. The van der Waals surface area contributed by atoms with Gasteiger partial charge in [0.2, 0.25) is 0 Å². The molecule has 1 aromatic rings. The third kappa shape index (κ3) is 3.86. The standard InChI is InChI=1S/C12H17O6P/c1-8-3-2-4-9(5-8)10-6-11(12(7-13)17-10)18-19(14,15)16/h2-5,10-13H,6-7H2,1H3,(H2,14,15,16)/t10-,11+,12-/m1/s1. The van der Waals surface area contributed by atoms with E-state index < -0.39 is 20.0 Å². The van der Waals surface area contributed by atoms with E-state index in [1.54, 1.807) is 0 Å². The maximum Gasteiger partial charge on any atom is 0.469 e. The number of phosphoric acid groups is 1. The Kier molecular flexibility index (Phi) is 4.40. The smallest absolute Gasteiger partial charge is 0.394 e. The summed E-state index contributed by atoms with van der Waals surface area (Å²) in [6, 6.07) is 7.66. The summed E-state index contributed by atoms with van der Waals surface area (Å²) in [5.74, 6) is 0. The van der Waals surface area contributed by atoms with Gasteiger partial charge in [0.15, 0.2) is 0 Å². The van der Waals surface area contributed by atoms with Crippen molar-refractivity contribution in [1.29, 1.82) is 0 Å². The van der Waals surface area contributed by atoms with E-state index in [0.717, 1.165) is 11.1 Å². The number of rotatable bonds is 4. The number of hydrogen-bond acceptors (Lipinski definition) is 4. The first-order chi connectivity index (χ1) is 8.89. The quantitative estimate of drug-likeness (QED) is 0.723. The fourth-order valence-electron chi connectivity index (χ4n) is 2.25. The van der Waals surface area contributed by atoms with Crippen LogP contribution in [0, 0.1) is 6.92 Å². The van der Waals surface area contributed by atoms with Crippen LogP contribution >= 0.6 is 7.82 Å². The van der Waals surface area contributed by atoms with Crippen molar-refractivity contribution in [2.45, 2.75) is 31.7 Å². The lowest BCUT2D eigenvalue weighted by Crippen LogP contribution is -2.26. The van der Waals surface area contributed by atoms with Crippen molar-refractivity contribution in [3.05, 3.63) is 35.4 Å². The Labute approximate surface area is 111 Å². The molecule has 1 fully saturated rings. The van der Waals surface area contributed by atoms with Gasteiger partial charge in [0.05, 0.1) is 12.7 Å². The molecule has 1 aromatic carbocycles. The van der Waals surface area contributed by atoms with E-state index in [-0.39, 0.29) is 12.7 Å². The molecule has 1 heterocycles. The van der Waals surface area contributed by atoms with Crippen molar-refractivity contribution in [3.63, 3.8) is 0 Å². The largest absolute Gasteiger partial charge is 0.469 e. The van der Waals surface area contributed by atoms with Gasteiger partial charge < -0.3 is 19.6 Å². The zero-order valence-corrected chi connectivity index (χ0v) is 11.4. The van der Waals surface area contributed by atoms with Crippen LogP contribution in [0.15, 0.2) is 24.3 Å². The Hall–Kier alpha value is -0.750. The zero-order valence-electron chi connectivity index (χ0n) is 10.5. The van der Waals surface area contributed by atoms with Crippen molar-refractivity contribution in [1.82, 2.24) is 0 Å². The van der Waals surface area contributed by atoms with Crippen LogP contribution in [0.4, 0.5) is 0 Å². The Morgan fingerprint density at radius 2 is 2.21 bits per heavy atom. The van der Waals surface area contributed by atoms with E-state index in [4.69, 9.17) is 14.5 Å². The van der Waals surface area contributed by atoms with Crippen LogP contribution in [0.5, 0.6) is 0 Å². The number of benzene rings is 1. The van der Waals surface area contributed by atoms with Gasteiger partial charge in [-0.05, 0) is 12.5 Å². The van der Waals surface area contributed by atoms with Gasteiger partial charge >= 0.3 is 7.82 Å². The molecular formula is C12H17O6P. The molecule has 106 valence electrons. The summed E-state index contributed by atoms with van der Waals surface area (Å²) < 4.78 is 21.1. The third-order valence-corrected chi connectivity index (χ3v) is 3.61. The molecule has 3 atom stereocenters. The molecule has 2 rings (SSSR count). The minimum atomic E-state index is -4.58. The molecule has 7 heteroatoms. The summed E-state index contributed by atoms with van der Waals surface area (Å²) in [5, 5.41) is 9.19. The molecule has 6 nitrogen and oxygen atoms in total. The summed E-state index contributed by atoms with van der Waals surface area (Å²) in [4.78, 5) is 17.7. The topological polar surface area (TPSA) is 96.2 Å². The molecule has 3 N–H and O–H groups in total. The molecule has 0 radical (unpaired) electrons. The Balaban J connectivity index is 2.12. The van der Waals surface area contributed by atoms with E-state index in [0.29, 0.717) is 6.42 Å². The van der Waals surface area contributed by atoms with Crippen molar-refractivity contribution in [2.75, 3.05) is 6.61 Å². The van der Waals surface area contributed by atoms with Crippen LogP contribution in [0.2, 0.25) is 0 Å². The van der Waals surface area contributed by atoms with Gasteiger partial charge in [-0.15, -0.1) is 0 Å². The lowest BCUT2D eigenvalue weighted by atomic mass is 10.0. The predicted molar refractivity (Wildman–Crippen MR) is 67.4 cm³/mol. The number of hydrogen-bond donors (Lipinski definition) is 3. The highest BCUT2D eigenvalue weighted by Crippen LogP contribution is 2.44. The van der Waals surface area contributed by atoms with E-state index in [9.17, 15) is 9.67 Å². The number of ether oxygens (including phenoxy) is 1. The number of aliphatic hydroxyl groups excluding tert-OH is 1. The van der Waals surface area contributed by atoms with Gasteiger partial charge in [0.1, 0.15) is 12.2 Å². The Morgan fingerprint density at radius 3 is 2.79 bits per heavy atom. The van der Waals surface area contributed by atoms with Crippen LogP contribution in [-0.4, -0.2) is 33.7 Å². The van der Waals surface area contributed by atoms with E-state index in [2.05, 4.69) is 4.52 Å². The predicted octanol–water partition coefficient (Wildman–Crippen LogP) is 1.30. The van der Waals surface area contributed by atoms with Crippen LogP contribution in [-0.2, 0) is 13.8 Å². The molecule has 1 aliphatic heterocycles. The van der Waals surface area contributed by atoms with Crippen LogP contribution in [0.25, 0.3) is 0 Å². The van der Waals surface area contributed by atoms with Crippen molar-refractivity contribution in [2.24, 2.45) is 0 Å². The summed E-state index contributed by atoms with van der Waals surface area (Å²) in [7, 11) is -4.58. The van der Waals surface area contributed by atoms with E-state index in [1.165, 1.54) is 0 Å². The Morgan fingerprint density at radius 1 is 1.47 bits per heavy atom. The zero-order chi connectivity index (χ0) is 14.0. The normalized spacial score (nSPS) is 27.7. The van der Waals surface area contributed by atoms with Crippen LogP contribution < -0.4 is 0 Å². The van der Waals surface area contributed by atoms with E-state index >= 15 is 0 Å². The fourth-order valence-corrected chi connectivity index (χ4v) is 2.82. The molecule has 0 amide bonds. The number of phosphoric ester groups is 1. The minimum absolute atomic E-state index is 0.305. The SMILES string of the molecule is Cc1cccc([C@H]2C[C@H](OP(=O)(O)O)[C@@H](CO)O2)c1. The van der Waals surface area contributed by atoms with Crippen molar-refractivity contribution < 1.29 is 28.7 Å². The van der Waals surface area contributed by atoms with Gasteiger partial charge in [-0.25, -0.2) is 4.57 Å². The third-order valence-electron chi connectivity index (χ3n) is 3.07. The summed E-state index contributed by atoms with van der Waals surface area (Å²) >= 11 is 0. The highest BCUT2D eigenvalue weighted by Gasteiger charge is 2.39. The number of aryl methyl sites for hydroxylation is 1. The highest BCUT2D eigenvalue weighted by molar-refractivity contribution is 7.46. The summed E-state index contributed by atoms with van der Waals surface area (Å²) in [5.41, 5.74) is 1.98. The average Bonchev–Trinajstić information content (AvgIpc) is 2.69. The second-order valence-electron chi connectivity index (χ2n) is 4.63. The first-order valence-electron chi connectivity index (χ1n) is 5.96. The van der Waals surface area contributed by atoms with Gasteiger partial charge in [0.25, 0.3) is 0 Å². The maximum absolute atomic E-state index is 10.9. The molecule has 19 heavy (non-hydrogen) atoms. The van der Waals surface area contributed by atoms with Crippen molar-refractivity contribution in [3.8, 4) is 0 Å². The van der Waals surface area contributed by atoms with Crippen LogP contribution in [0.3, 0.4) is 0 Å². The van der Waals surface area contributed by atoms with Gasteiger partial charge in [0, 0.05) is 6.42 Å². The molecule has 1 aliphatic rings. The van der Waals surface area contributed by atoms with Crippen LogP contribution in [0.1, 0.15) is 23.7 Å². The van der Waals surface area contributed by atoms with Crippen molar-refractivity contribution >= 4 is 7.82 Å². The molecule has 1 saturated heterocycles. The monoisotopic (exact) mass is 288 g/mol. The van der Waals surface area contributed by atoms with Gasteiger partial charge in [-0.3, -0.25) is 4.52 Å². The molecule has 0 saturated carbocycles. The second kappa shape index (κ2) is 5.71. The van der Waals surface area contributed by atoms with Gasteiger partial charge in [-0.1, -0.05) is 29.8 Å². The molecule has 0 unspecified atom stereocenters. The van der Waals surface area contributed by atoms with E-state index in [1.807, 2.05) is 31.2 Å². The lowest BCUT2D eigenvalue weighted by Gasteiger charge is -2.16. The lowest BCUT2D eigenvalue weighted by molar-refractivity contribution is -0.0221. The molecule has 0 spiro atoms. The summed E-state index contributed by atoms with van der Waals surface area (Å²) in [6.07, 6.45) is -1.55. The minimum Gasteiger partial charge on any atom is -0.394 e. The molecule has 0 aromatic heterocycles. The second-order valence-corrected chi connectivity index (χ2v) is 5.82.